The highest BCUT2D eigenvalue weighted by molar-refractivity contribution is 9.09. The zero-order valence-corrected chi connectivity index (χ0v) is 10.8. The molecule has 1 aliphatic heterocycles. The minimum absolute atomic E-state index is 0.0545. The van der Waals surface area contributed by atoms with E-state index in [1.165, 1.54) is 0 Å². The minimum atomic E-state index is 0.0545. The average Bonchev–Trinajstić information content (AvgIpc) is 2.22. The van der Waals surface area contributed by atoms with Crippen molar-refractivity contribution in [2.24, 2.45) is 5.92 Å². The van der Waals surface area contributed by atoms with Crippen LogP contribution >= 0.6 is 15.9 Å². The molecule has 1 aliphatic rings. The van der Waals surface area contributed by atoms with Gasteiger partial charge in [0, 0.05) is 18.4 Å². The SMILES string of the molecule is CCN1CC(=O)N(CC(C)CBr)CC1=O. The third-order valence-electron chi connectivity index (χ3n) is 2.53. The van der Waals surface area contributed by atoms with Crippen molar-refractivity contribution in [2.75, 3.05) is 31.5 Å². The molecule has 0 aliphatic carbocycles. The fraction of sp³-hybridized carbons (Fsp3) is 0.800. The van der Waals surface area contributed by atoms with Gasteiger partial charge in [-0.1, -0.05) is 22.9 Å². The lowest BCUT2D eigenvalue weighted by molar-refractivity contribution is -0.150. The molecule has 2 amide bonds. The van der Waals surface area contributed by atoms with Gasteiger partial charge in [-0.2, -0.15) is 0 Å². The molecule has 1 unspecified atom stereocenters. The van der Waals surface area contributed by atoms with Gasteiger partial charge in [0.2, 0.25) is 11.8 Å². The van der Waals surface area contributed by atoms with E-state index in [-0.39, 0.29) is 24.9 Å². The van der Waals surface area contributed by atoms with Crippen molar-refractivity contribution in [3.05, 3.63) is 0 Å². The van der Waals surface area contributed by atoms with E-state index < -0.39 is 0 Å². The van der Waals surface area contributed by atoms with Crippen molar-refractivity contribution in [2.45, 2.75) is 13.8 Å². The summed E-state index contributed by atoms with van der Waals surface area (Å²) in [5.41, 5.74) is 0. The smallest absolute Gasteiger partial charge is 0.242 e. The van der Waals surface area contributed by atoms with Crippen LogP contribution in [0.1, 0.15) is 13.8 Å². The first-order valence-corrected chi connectivity index (χ1v) is 6.32. The van der Waals surface area contributed by atoms with E-state index in [4.69, 9.17) is 0 Å². The molecule has 5 heteroatoms. The molecule has 1 atom stereocenters. The van der Waals surface area contributed by atoms with E-state index >= 15 is 0 Å². The number of piperazine rings is 1. The van der Waals surface area contributed by atoms with Gasteiger partial charge in [0.25, 0.3) is 0 Å². The zero-order valence-electron chi connectivity index (χ0n) is 9.20. The fourth-order valence-electron chi connectivity index (χ4n) is 1.58. The third kappa shape index (κ3) is 3.19. The van der Waals surface area contributed by atoms with Gasteiger partial charge >= 0.3 is 0 Å². The predicted octanol–water partition coefficient (Wildman–Crippen LogP) is 0.708. The van der Waals surface area contributed by atoms with E-state index in [0.29, 0.717) is 19.0 Å². The summed E-state index contributed by atoms with van der Waals surface area (Å²) in [5.74, 6) is 0.498. The molecule has 0 aromatic carbocycles. The Morgan fingerprint density at radius 1 is 1.27 bits per heavy atom. The van der Waals surface area contributed by atoms with Crippen LogP contribution in [0, 0.1) is 5.92 Å². The van der Waals surface area contributed by atoms with Crippen LogP contribution in [0.5, 0.6) is 0 Å². The van der Waals surface area contributed by atoms with Crippen molar-refractivity contribution in [1.29, 1.82) is 0 Å². The lowest BCUT2D eigenvalue weighted by Crippen LogP contribution is -2.54. The molecule has 1 saturated heterocycles. The van der Waals surface area contributed by atoms with Crippen molar-refractivity contribution in [3.63, 3.8) is 0 Å². The molecule has 1 fully saturated rings. The van der Waals surface area contributed by atoms with Crippen LogP contribution in [0.15, 0.2) is 0 Å². The van der Waals surface area contributed by atoms with Gasteiger partial charge < -0.3 is 9.80 Å². The Morgan fingerprint density at radius 2 is 1.80 bits per heavy atom. The fourth-order valence-corrected chi connectivity index (χ4v) is 1.79. The normalized spacial score (nSPS) is 19.7. The second-order valence-electron chi connectivity index (χ2n) is 3.94. The number of nitrogens with zero attached hydrogens (tertiary/aromatic N) is 2. The molecule has 0 aromatic rings. The highest BCUT2D eigenvalue weighted by atomic mass is 79.9. The van der Waals surface area contributed by atoms with E-state index in [2.05, 4.69) is 22.9 Å². The first-order valence-electron chi connectivity index (χ1n) is 5.20. The third-order valence-corrected chi connectivity index (χ3v) is 3.64. The molecule has 0 aromatic heterocycles. The predicted molar refractivity (Wildman–Crippen MR) is 61.8 cm³/mol. The van der Waals surface area contributed by atoms with Crippen molar-refractivity contribution < 1.29 is 9.59 Å². The number of hydrogen-bond acceptors (Lipinski definition) is 2. The topological polar surface area (TPSA) is 40.6 Å². The number of halogens is 1. The lowest BCUT2D eigenvalue weighted by atomic mass is 10.2. The van der Waals surface area contributed by atoms with Gasteiger partial charge in [0.15, 0.2) is 0 Å². The van der Waals surface area contributed by atoms with Crippen molar-refractivity contribution in [3.8, 4) is 0 Å². The molecular formula is C10H17BrN2O2. The number of hydrogen-bond donors (Lipinski definition) is 0. The zero-order chi connectivity index (χ0) is 11.4. The van der Waals surface area contributed by atoms with Crippen LogP contribution in [0.3, 0.4) is 0 Å². The molecule has 0 bridgehead atoms. The Bertz CT molecular complexity index is 258. The molecule has 15 heavy (non-hydrogen) atoms. The number of likely N-dealkylation sites (N-methyl/N-ethyl adjacent to an activating group) is 1. The summed E-state index contributed by atoms with van der Waals surface area (Å²) in [7, 11) is 0. The molecule has 4 nitrogen and oxygen atoms in total. The summed E-state index contributed by atoms with van der Waals surface area (Å²) in [6.07, 6.45) is 0. The number of amides is 2. The summed E-state index contributed by atoms with van der Waals surface area (Å²) >= 11 is 3.37. The van der Waals surface area contributed by atoms with E-state index in [0.717, 1.165) is 5.33 Å². The maximum Gasteiger partial charge on any atom is 0.242 e. The number of rotatable bonds is 4. The van der Waals surface area contributed by atoms with Crippen LogP contribution in [-0.4, -0.2) is 53.1 Å². The maximum atomic E-state index is 11.7. The molecule has 0 radical (unpaired) electrons. The summed E-state index contributed by atoms with van der Waals surface area (Å²) in [6, 6.07) is 0. The van der Waals surface area contributed by atoms with E-state index in [1.54, 1.807) is 9.80 Å². The van der Waals surface area contributed by atoms with Gasteiger partial charge in [-0.3, -0.25) is 9.59 Å². The van der Waals surface area contributed by atoms with Gasteiger partial charge in [-0.25, -0.2) is 0 Å². The van der Waals surface area contributed by atoms with Crippen LogP contribution < -0.4 is 0 Å². The summed E-state index contributed by atoms with van der Waals surface area (Å²) in [4.78, 5) is 26.5. The Hall–Kier alpha value is -0.580. The van der Waals surface area contributed by atoms with Gasteiger partial charge in [-0.05, 0) is 12.8 Å². The second-order valence-corrected chi connectivity index (χ2v) is 4.59. The van der Waals surface area contributed by atoms with E-state index in [1.807, 2.05) is 6.92 Å². The van der Waals surface area contributed by atoms with Crippen LogP contribution in [-0.2, 0) is 9.59 Å². The Labute approximate surface area is 98.7 Å². The van der Waals surface area contributed by atoms with Gasteiger partial charge in [-0.15, -0.1) is 0 Å². The maximum absolute atomic E-state index is 11.7. The monoisotopic (exact) mass is 276 g/mol. The molecule has 0 spiro atoms. The van der Waals surface area contributed by atoms with Crippen LogP contribution in [0.4, 0.5) is 0 Å². The highest BCUT2D eigenvalue weighted by Crippen LogP contribution is 2.09. The van der Waals surface area contributed by atoms with Crippen molar-refractivity contribution >= 4 is 27.7 Å². The van der Waals surface area contributed by atoms with E-state index in [9.17, 15) is 9.59 Å². The number of carbonyl (C=O) groups is 2. The van der Waals surface area contributed by atoms with Crippen LogP contribution in [0.2, 0.25) is 0 Å². The lowest BCUT2D eigenvalue weighted by Gasteiger charge is -2.34. The molecule has 0 N–H and O–H groups in total. The first kappa shape index (κ1) is 12.5. The Morgan fingerprint density at radius 3 is 2.33 bits per heavy atom. The first-order chi connectivity index (χ1) is 7.08. The number of carbonyl (C=O) groups excluding carboxylic acids is 2. The van der Waals surface area contributed by atoms with Crippen LogP contribution in [0.25, 0.3) is 0 Å². The van der Waals surface area contributed by atoms with Gasteiger partial charge in [0.1, 0.15) is 0 Å². The average molecular weight is 277 g/mol. The molecule has 1 rings (SSSR count). The second kappa shape index (κ2) is 5.49. The molecule has 1 heterocycles. The standard InChI is InChI=1S/C10H17BrN2O2/c1-3-12-6-10(15)13(7-9(12)14)5-8(2)4-11/h8H,3-7H2,1-2H3. The van der Waals surface area contributed by atoms with Gasteiger partial charge in [0.05, 0.1) is 13.1 Å². The van der Waals surface area contributed by atoms with Crippen molar-refractivity contribution in [1.82, 2.24) is 9.80 Å². The Kier molecular flexibility index (Phi) is 4.57. The Balaban J connectivity index is 2.55. The summed E-state index contributed by atoms with van der Waals surface area (Å²) in [6.45, 7) is 5.70. The summed E-state index contributed by atoms with van der Waals surface area (Å²) in [5, 5.41) is 0.850. The quantitative estimate of drug-likeness (QED) is 0.710. The number of alkyl halides is 1. The largest absolute Gasteiger partial charge is 0.332 e. The molecular weight excluding hydrogens is 260 g/mol. The highest BCUT2D eigenvalue weighted by Gasteiger charge is 2.29. The summed E-state index contributed by atoms with van der Waals surface area (Å²) < 4.78 is 0. The minimum Gasteiger partial charge on any atom is -0.332 e. The molecule has 86 valence electrons. The molecule has 0 saturated carbocycles.